The number of hydrogen-bond donors (Lipinski definition) is 1. The highest BCUT2D eigenvalue weighted by Crippen LogP contribution is 2.00. The third-order valence-corrected chi connectivity index (χ3v) is 2.26. The van der Waals surface area contributed by atoms with Crippen LogP contribution in [0.1, 0.15) is 38.9 Å². The average Bonchev–Trinajstić information content (AvgIpc) is 2.63. The zero-order valence-corrected chi connectivity index (χ0v) is 9.29. The fraction of sp³-hybridized carbons (Fsp3) is 0.727. The number of rotatable bonds is 7. The van der Waals surface area contributed by atoms with Gasteiger partial charge >= 0.3 is 0 Å². The molecule has 0 aliphatic carbocycles. The second kappa shape index (κ2) is 6.60. The van der Waals surface area contributed by atoms with E-state index in [1.165, 1.54) is 19.3 Å². The van der Waals surface area contributed by atoms with Crippen LogP contribution >= 0.6 is 0 Å². The van der Waals surface area contributed by atoms with Gasteiger partial charge in [0.25, 0.3) is 0 Å². The highest BCUT2D eigenvalue weighted by Gasteiger charge is 2.00. The summed E-state index contributed by atoms with van der Waals surface area (Å²) < 4.78 is 2.24. The van der Waals surface area contributed by atoms with E-state index in [-0.39, 0.29) is 0 Å². The van der Waals surface area contributed by atoms with Gasteiger partial charge in [-0.3, -0.25) is 0 Å². The molecule has 0 bridgehead atoms. The van der Waals surface area contributed by atoms with E-state index in [0.717, 1.165) is 25.5 Å². The average molecular weight is 195 g/mol. The van der Waals surface area contributed by atoms with Crippen molar-refractivity contribution in [3.8, 4) is 0 Å². The number of aryl methyl sites for hydroxylation is 1. The molecule has 1 aromatic heterocycles. The molecule has 0 spiro atoms. The predicted octanol–water partition coefficient (Wildman–Crippen LogP) is 2.18. The summed E-state index contributed by atoms with van der Waals surface area (Å²) in [5.41, 5.74) is 0. The fourth-order valence-corrected chi connectivity index (χ4v) is 1.42. The Labute approximate surface area is 86.5 Å². The molecule has 0 fully saturated rings. The normalized spacial score (nSPS) is 10.7. The molecule has 3 nitrogen and oxygen atoms in total. The Morgan fingerprint density at radius 3 is 2.93 bits per heavy atom. The van der Waals surface area contributed by atoms with Crippen LogP contribution in [0.5, 0.6) is 0 Å². The third-order valence-electron chi connectivity index (χ3n) is 2.26. The van der Waals surface area contributed by atoms with Crippen LogP contribution in [-0.4, -0.2) is 16.1 Å². The van der Waals surface area contributed by atoms with Gasteiger partial charge in [0.1, 0.15) is 5.82 Å². The standard InChI is InChI=1S/C11H21N3/c1-3-5-8-14-9-7-13-11(14)10-12-6-4-2/h7,9,12H,3-6,8,10H2,1-2H3. The van der Waals surface area contributed by atoms with Crippen molar-refractivity contribution < 1.29 is 0 Å². The van der Waals surface area contributed by atoms with Gasteiger partial charge in [0.2, 0.25) is 0 Å². The van der Waals surface area contributed by atoms with E-state index in [4.69, 9.17) is 0 Å². The molecular weight excluding hydrogens is 174 g/mol. The Kier molecular flexibility index (Phi) is 5.30. The lowest BCUT2D eigenvalue weighted by atomic mass is 10.3. The molecule has 0 amide bonds. The zero-order valence-electron chi connectivity index (χ0n) is 9.29. The SMILES string of the molecule is CCCCn1ccnc1CNCCC. The van der Waals surface area contributed by atoms with E-state index in [9.17, 15) is 0 Å². The van der Waals surface area contributed by atoms with Gasteiger partial charge in [0, 0.05) is 18.9 Å². The van der Waals surface area contributed by atoms with Crippen LogP contribution in [0.4, 0.5) is 0 Å². The highest BCUT2D eigenvalue weighted by molar-refractivity contribution is 4.91. The summed E-state index contributed by atoms with van der Waals surface area (Å²) in [6, 6.07) is 0. The first kappa shape index (κ1) is 11.2. The van der Waals surface area contributed by atoms with E-state index in [2.05, 4.69) is 34.9 Å². The molecule has 0 atom stereocenters. The Balaban J connectivity index is 2.37. The third kappa shape index (κ3) is 3.50. The van der Waals surface area contributed by atoms with Gasteiger partial charge < -0.3 is 9.88 Å². The van der Waals surface area contributed by atoms with Crippen molar-refractivity contribution in [3.63, 3.8) is 0 Å². The second-order valence-corrected chi connectivity index (χ2v) is 3.57. The number of nitrogens with one attached hydrogen (secondary N) is 1. The molecule has 80 valence electrons. The predicted molar refractivity (Wildman–Crippen MR) is 59.1 cm³/mol. The summed E-state index contributed by atoms with van der Waals surface area (Å²) in [5.74, 6) is 1.16. The van der Waals surface area contributed by atoms with Crippen molar-refractivity contribution in [1.29, 1.82) is 0 Å². The summed E-state index contributed by atoms with van der Waals surface area (Å²) in [7, 11) is 0. The maximum Gasteiger partial charge on any atom is 0.122 e. The summed E-state index contributed by atoms with van der Waals surface area (Å²) in [5, 5.41) is 3.37. The summed E-state index contributed by atoms with van der Waals surface area (Å²) >= 11 is 0. The van der Waals surface area contributed by atoms with Crippen LogP contribution < -0.4 is 5.32 Å². The van der Waals surface area contributed by atoms with Crippen LogP contribution in [0.3, 0.4) is 0 Å². The monoisotopic (exact) mass is 195 g/mol. The minimum atomic E-state index is 0.893. The lowest BCUT2D eigenvalue weighted by Crippen LogP contribution is -2.17. The Morgan fingerprint density at radius 1 is 1.36 bits per heavy atom. The summed E-state index contributed by atoms with van der Waals surface area (Å²) in [4.78, 5) is 4.34. The maximum absolute atomic E-state index is 4.34. The van der Waals surface area contributed by atoms with E-state index >= 15 is 0 Å². The van der Waals surface area contributed by atoms with Crippen molar-refractivity contribution in [2.45, 2.75) is 46.2 Å². The van der Waals surface area contributed by atoms with Gasteiger partial charge in [0.05, 0.1) is 6.54 Å². The first-order valence-corrected chi connectivity index (χ1v) is 5.59. The molecule has 0 radical (unpaired) electrons. The van der Waals surface area contributed by atoms with Crippen molar-refractivity contribution in [2.24, 2.45) is 0 Å². The Hall–Kier alpha value is -0.830. The van der Waals surface area contributed by atoms with Gasteiger partial charge in [-0.15, -0.1) is 0 Å². The van der Waals surface area contributed by atoms with E-state index < -0.39 is 0 Å². The molecular formula is C11H21N3. The van der Waals surface area contributed by atoms with Crippen LogP contribution in [0, 0.1) is 0 Å². The topological polar surface area (TPSA) is 29.9 Å². The molecule has 1 N–H and O–H groups in total. The number of imidazole rings is 1. The van der Waals surface area contributed by atoms with Crippen molar-refractivity contribution in [2.75, 3.05) is 6.54 Å². The molecule has 0 aliphatic rings. The maximum atomic E-state index is 4.34. The van der Waals surface area contributed by atoms with Crippen LogP contribution in [0.2, 0.25) is 0 Å². The smallest absolute Gasteiger partial charge is 0.122 e. The highest BCUT2D eigenvalue weighted by atomic mass is 15.1. The molecule has 14 heavy (non-hydrogen) atoms. The molecule has 1 rings (SSSR count). The minimum Gasteiger partial charge on any atom is -0.334 e. The molecule has 0 saturated carbocycles. The van der Waals surface area contributed by atoms with E-state index in [1.807, 2.05) is 6.20 Å². The van der Waals surface area contributed by atoms with E-state index in [0.29, 0.717) is 0 Å². The van der Waals surface area contributed by atoms with Crippen molar-refractivity contribution in [3.05, 3.63) is 18.2 Å². The molecule has 0 aromatic carbocycles. The fourth-order valence-electron chi connectivity index (χ4n) is 1.42. The van der Waals surface area contributed by atoms with Gasteiger partial charge in [-0.2, -0.15) is 0 Å². The number of aromatic nitrogens is 2. The Morgan fingerprint density at radius 2 is 2.21 bits per heavy atom. The molecule has 3 heteroatoms. The first-order chi connectivity index (χ1) is 6.88. The van der Waals surface area contributed by atoms with Crippen molar-refractivity contribution >= 4 is 0 Å². The van der Waals surface area contributed by atoms with Gasteiger partial charge in [-0.25, -0.2) is 4.98 Å². The lowest BCUT2D eigenvalue weighted by Gasteiger charge is -2.07. The van der Waals surface area contributed by atoms with Gasteiger partial charge in [-0.1, -0.05) is 20.3 Å². The largest absolute Gasteiger partial charge is 0.334 e. The van der Waals surface area contributed by atoms with Crippen LogP contribution in [0.15, 0.2) is 12.4 Å². The van der Waals surface area contributed by atoms with Crippen LogP contribution in [-0.2, 0) is 13.1 Å². The van der Waals surface area contributed by atoms with Gasteiger partial charge in [0.15, 0.2) is 0 Å². The minimum absolute atomic E-state index is 0.893. The summed E-state index contributed by atoms with van der Waals surface area (Å²) in [6.07, 6.45) is 7.60. The first-order valence-electron chi connectivity index (χ1n) is 5.59. The zero-order chi connectivity index (χ0) is 10.2. The second-order valence-electron chi connectivity index (χ2n) is 3.57. The molecule has 0 unspecified atom stereocenters. The quantitative estimate of drug-likeness (QED) is 0.676. The number of unbranched alkanes of at least 4 members (excludes halogenated alkanes) is 1. The number of nitrogens with zero attached hydrogens (tertiary/aromatic N) is 2. The van der Waals surface area contributed by atoms with Crippen LogP contribution in [0.25, 0.3) is 0 Å². The molecule has 1 heterocycles. The van der Waals surface area contributed by atoms with Gasteiger partial charge in [-0.05, 0) is 19.4 Å². The molecule has 1 aromatic rings. The Bertz CT molecular complexity index is 242. The van der Waals surface area contributed by atoms with Crippen molar-refractivity contribution in [1.82, 2.24) is 14.9 Å². The molecule has 0 saturated heterocycles. The lowest BCUT2D eigenvalue weighted by molar-refractivity contribution is 0.568. The number of hydrogen-bond acceptors (Lipinski definition) is 2. The molecule has 0 aliphatic heterocycles. The van der Waals surface area contributed by atoms with E-state index in [1.54, 1.807) is 0 Å². The summed E-state index contributed by atoms with van der Waals surface area (Å²) in [6.45, 7) is 7.45.